The number of aliphatic hydroxyl groups is 1. The molecule has 1 aliphatic heterocycles. The van der Waals surface area contributed by atoms with Gasteiger partial charge in [0.05, 0.1) is 0 Å². The normalized spacial score (nSPS) is 26.8. The van der Waals surface area contributed by atoms with Gasteiger partial charge in [0, 0.05) is 44.2 Å². The third kappa shape index (κ3) is 3.23. The first kappa shape index (κ1) is 12.0. The van der Waals surface area contributed by atoms with E-state index in [1.807, 2.05) is 0 Å². The highest BCUT2D eigenvalue weighted by molar-refractivity contribution is 4.82. The van der Waals surface area contributed by atoms with E-state index < -0.39 is 0 Å². The summed E-state index contributed by atoms with van der Waals surface area (Å²) in [4.78, 5) is 4.85. The monoisotopic (exact) mass is 200 g/mol. The highest BCUT2D eigenvalue weighted by Gasteiger charge is 2.27. The lowest BCUT2D eigenvalue weighted by Gasteiger charge is -2.41. The van der Waals surface area contributed by atoms with Crippen LogP contribution >= 0.6 is 0 Å². The zero-order valence-corrected chi connectivity index (χ0v) is 9.95. The van der Waals surface area contributed by atoms with E-state index in [0.29, 0.717) is 6.04 Å². The van der Waals surface area contributed by atoms with Crippen LogP contribution in [-0.2, 0) is 0 Å². The fraction of sp³-hybridized carbons (Fsp3) is 1.00. The molecule has 3 heteroatoms. The smallest absolute Gasteiger partial charge is 0.0494 e. The lowest BCUT2D eigenvalue weighted by Crippen LogP contribution is -2.53. The van der Waals surface area contributed by atoms with Gasteiger partial charge in [0.2, 0.25) is 0 Å². The van der Waals surface area contributed by atoms with Crippen LogP contribution in [0.25, 0.3) is 0 Å². The molecule has 3 nitrogen and oxygen atoms in total. The minimum Gasteiger partial charge on any atom is -0.396 e. The van der Waals surface area contributed by atoms with Crippen molar-refractivity contribution in [1.29, 1.82) is 0 Å². The average molecular weight is 200 g/mol. The molecular weight excluding hydrogens is 176 g/mol. The fourth-order valence-electron chi connectivity index (χ4n) is 2.01. The number of aliphatic hydroxyl groups excluding tert-OH is 1. The van der Waals surface area contributed by atoms with E-state index in [0.717, 1.165) is 26.2 Å². The van der Waals surface area contributed by atoms with Gasteiger partial charge in [-0.3, -0.25) is 4.90 Å². The standard InChI is InChI=1S/C11H24N2O/c1-10-7-12(4)5-6-13(10)8-11(2,3)9-14/h10,14H,5-9H2,1-4H3. The molecule has 1 unspecified atom stereocenters. The Bertz CT molecular complexity index is 182. The molecule has 1 fully saturated rings. The van der Waals surface area contributed by atoms with Gasteiger partial charge in [0.25, 0.3) is 0 Å². The molecule has 0 radical (unpaired) electrons. The second kappa shape index (κ2) is 4.60. The van der Waals surface area contributed by atoms with Crippen LogP contribution in [0, 0.1) is 5.41 Å². The van der Waals surface area contributed by atoms with Gasteiger partial charge in [-0.25, -0.2) is 0 Å². The summed E-state index contributed by atoms with van der Waals surface area (Å²) in [7, 11) is 2.17. The Hall–Kier alpha value is -0.120. The molecule has 0 aromatic carbocycles. The molecule has 0 bridgehead atoms. The van der Waals surface area contributed by atoms with E-state index in [2.05, 4.69) is 37.6 Å². The fourth-order valence-corrected chi connectivity index (χ4v) is 2.01. The molecule has 0 saturated carbocycles. The first-order valence-electron chi connectivity index (χ1n) is 5.48. The zero-order valence-electron chi connectivity index (χ0n) is 9.95. The Balaban J connectivity index is 2.45. The van der Waals surface area contributed by atoms with Gasteiger partial charge in [-0.1, -0.05) is 13.8 Å². The van der Waals surface area contributed by atoms with Crippen LogP contribution in [0.2, 0.25) is 0 Å². The van der Waals surface area contributed by atoms with Crippen molar-refractivity contribution in [3.63, 3.8) is 0 Å². The molecule has 0 amide bonds. The average Bonchev–Trinajstić information content (AvgIpc) is 2.10. The maximum Gasteiger partial charge on any atom is 0.0494 e. The Morgan fingerprint density at radius 3 is 2.50 bits per heavy atom. The number of rotatable bonds is 3. The third-order valence-electron chi connectivity index (χ3n) is 3.03. The lowest BCUT2D eigenvalue weighted by atomic mass is 9.93. The first-order valence-corrected chi connectivity index (χ1v) is 5.48. The third-order valence-corrected chi connectivity index (χ3v) is 3.03. The molecule has 0 spiro atoms. The molecule has 1 rings (SSSR count). The van der Waals surface area contributed by atoms with Gasteiger partial charge < -0.3 is 10.0 Å². The molecule has 14 heavy (non-hydrogen) atoms. The maximum atomic E-state index is 9.23. The number of hydrogen-bond acceptors (Lipinski definition) is 3. The van der Waals surface area contributed by atoms with Crippen LogP contribution in [0.15, 0.2) is 0 Å². The van der Waals surface area contributed by atoms with Crippen LogP contribution in [0.4, 0.5) is 0 Å². The zero-order chi connectivity index (χ0) is 10.8. The van der Waals surface area contributed by atoms with Crippen molar-refractivity contribution < 1.29 is 5.11 Å². The van der Waals surface area contributed by atoms with E-state index in [1.165, 1.54) is 0 Å². The summed E-state index contributed by atoms with van der Waals surface area (Å²) in [5.41, 5.74) is 0.0319. The largest absolute Gasteiger partial charge is 0.396 e. The number of nitrogens with zero attached hydrogens (tertiary/aromatic N) is 2. The Labute approximate surface area is 87.7 Å². The molecule has 84 valence electrons. The predicted molar refractivity (Wildman–Crippen MR) is 59.4 cm³/mol. The molecular formula is C11H24N2O. The summed E-state index contributed by atoms with van der Waals surface area (Å²) in [5.74, 6) is 0. The summed E-state index contributed by atoms with van der Waals surface area (Å²) in [6, 6.07) is 0.611. The molecule has 1 saturated heterocycles. The highest BCUT2D eigenvalue weighted by Crippen LogP contribution is 2.19. The second-order valence-electron chi connectivity index (χ2n) is 5.40. The van der Waals surface area contributed by atoms with Crippen molar-refractivity contribution in [3.8, 4) is 0 Å². The summed E-state index contributed by atoms with van der Waals surface area (Å²) in [5, 5.41) is 9.23. The SMILES string of the molecule is CC1CN(C)CCN1CC(C)(C)CO. The minimum absolute atomic E-state index is 0.0319. The minimum atomic E-state index is 0.0319. The van der Waals surface area contributed by atoms with Crippen molar-refractivity contribution in [2.45, 2.75) is 26.8 Å². The van der Waals surface area contributed by atoms with Gasteiger partial charge >= 0.3 is 0 Å². The molecule has 1 N–H and O–H groups in total. The van der Waals surface area contributed by atoms with Gasteiger partial charge in [0.15, 0.2) is 0 Å². The first-order chi connectivity index (χ1) is 6.44. The van der Waals surface area contributed by atoms with Gasteiger partial charge in [-0.15, -0.1) is 0 Å². The van der Waals surface area contributed by atoms with E-state index >= 15 is 0 Å². The molecule has 1 atom stereocenters. The van der Waals surface area contributed by atoms with Crippen LogP contribution in [0.1, 0.15) is 20.8 Å². The number of hydrogen-bond donors (Lipinski definition) is 1. The number of piperazine rings is 1. The van der Waals surface area contributed by atoms with E-state index in [1.54, 1.807) is 0 Å². The molecule has 1 heterocycles. The molecule has 1 aliphatic rings. The summed E-state index contributed by atoms with van der Waals surface area (Å²) < 4.78 is 0. The summed E-state index contributed by atoms with van der Waals surface area (Å²) >= 11 is 0. The van der Waals surface area contributed by atoms with Crippen LogP contribution < -0.4 is 0 Å². The summed E-state index contributed by atoms with van der Waals surface area (Å²) in [6.45, 7) is 11.2. The highest BCUT2D eigenvalue weighted by atomic mass is 16.3. The quantitative estimate of drug-likeness (QED) is 0.724. The Kier molecular flexibility index (Phi) is 3.93. The van der Waals surface area contributed by atoms with Crippen LogP contribution in [0.3, 0.4) is 0 Å². The molecule has 0 aromatic heterocycles. The van der Waals surface area contributed by atoms with Crippen molar-refractivity contribution >= 4 is 0 Å². The Morgan fingerprint density at radius 2 is 2.00 bits per heavy atom. The van der Waals surface area contributed by atoms with E-state index in [4.69, 9.17) is 0 Å². The van der Waals surface area contributed by atoms with Crippen molar-refractivity contribution in [2.75, 3.05) is 39.8 Å². The topological polar surface area (TPSA) is 26.7 Å². The van der Waals surface area contributed by atoms with Crippen LogP contribution in [-0.4, -0.2) is 60.8 Å². The summed E-state index contributed by atoms with van der Waals surface area (Å²) in [6.07, 6.45) is 0. The second-order valence-corrected chi connectivity index (χ2v) is 5.40. The van der Waals surface area contributed by atoms with Crippen LogP contribution in [0.5, 0.6) is 0 Å². The van der Waals surface area contributed by atoms with Crippen molar-refractivity contribution in [2.24, 2.45) is 5.41 Å². The maximum absolute atomic E-state index is 9.23. The van der Waals surface area contributed by atoms with E-state index in [9.17, 15) is 5.11 Å². The molecule has 0 aliphatic carbocycles. The predicted octanol–water partition coefficient (Wildman–Crippen LogP) is 0.641. The Morgan fingerprint density at radius 1 is 1.36 bits per heavy atom. The lowest BCUT2D eigenvalue weighted by molar-refractivity contribution is 0.0418. The van der Waals surface area contributed by atoms with E-state index in [-0.39, 0.29) is 12.0 Å². The number of likely N-dealkylation sites (N-methyl/N-ethyl adjacent to an activating group) is 1. The van der Waals surface area contributed by atoms with Gasteiger partial charge in [-0.05, 0) is 14.0 Å². The van der Waals surface area contributed by atoms with Gasteiger partial charge in [0.1, 0.15) is 0 Å². The van der Waals surface area contributed by atoms with Crippen molar-refractivity contribution in [1.82, 2.24) is 9.80 Å². The van der Waals surface area contributed by atoms with Crippen molar-refractivity contribution in [3.05, 3.63) is 0 Å². The van der Waals surface area contributed by atoms with Gasteiger partial charge in [-0.2, -0.15) is 0 Å². The molecule has 0 aromatic rings.